The average Bonchev–Trinajstić information content (AvgIpc) is 2.90. The number of carbonyl (C=O) groups excluding carboxylic acids is 1. The lowest BCUT2D eigenvalue weighted by Crippen LogP contribution is -2.31. The number of hydrogen-bond donors (Lipinski definition) is 2. The molecule has 1 aliphatic carbocycles. The summed E-state index contributed by atoms with van der Waals surface area (Å²) in [5.74, 6) is 0.362. The third-order valence-corrected chi connectivity index (χ3v) is 3.23. The molecule has 1 heterocycles. The number of aromatic amines is 1. The fraction of sp³-hybridized carbons (Fsp3) is 0.727. The molecule has 0 aromatic carbocycles. The highest BCUT2D eigenvalue weighted by molar-refractivity contribution is 5.93. The molecule has 0 spiro atoms. The van der Waals surface area contributed by atoms with Crippen LogP contribution in [0.25, 0.3) is 0 Å². The summed E-state index contributed by atoms with van der Waals surface area (Å²) in [5.41, 5.74) is -0.265. The molecule has 6 nitrogen and oxygen atoms in total. The highest BCUT2D eigenvalue weighted by atomic mass is 16.5. The summed E-state index contributed by atoms with van der Waals surface area (Å²) in [6.45, 7) is 4.35. The van der Waals surface area contributed by atoms with Crippen LogP contribution in [0, 0.1) is 5.41 Å². The summed E-state index contributed by atoms with van der Waals surface area (Å²) in [7, 11) is 0. The third-order valence-electron chi connectivity index (χ3n) is 3.23. The van der Waals surface area contributed by atoms with Gasteiger partial charge >= 0.3 is 6.01 Å². The first-order chi connectivity index (χ1) is 8.14. The minimum Gasteiger partial charge on any atom is -0.463 e. The summed E-state index contributed by atoms with van der Waals surface area (Å²) in [4.78, 5) is 16.1. The van der Waals surface area contributed by atoms with Gasteiger partial charge in [0.1, 0.15) is 0 Å². The van der Waals surface area contributed by atoms with Gasteiger partial charge in [0.2, 0.25) is 11.9 Å². The van der Waals surface area contributed by atoms with E-state index in [4.69, 9.17) is 4.74 Å². The number of ether oxygens (including phenoxy) is 1. The molecule has 0 unspecified atom stereocenters. The van der Waals surface area contributed by atoms with Crippen LogP contribution in [0.1, 0.15) is 39.5 Å². The second-order valence-corrected chi connectivity index (χ2v) is 4.62. The molecule has 1 aliphatic rings. The van der Waals surface area contributed by atoms with Crippen molar-refractivity contribution in [2.45, 2.75) is 39.5 Å². The van der Waals surface area contributed by atoms with Crippen molar-refractivity contribution in [3.05, 3.63) is 0 Å². The summed E-state index contributed by atoms with van der Waals surface area (Å²) >= 11 is 0. The van der Waals surface area contributed by atoms with Crippen molar-refractivity contribution in [3.63, 3.8) is 0 Å². The van der Waals surface area contributed by atoms with Gasteiger partial charge in [-0.2, -0.15) is 4.98 Å². The average molecular weight is 238 g/mol. The van der Waals surface area contributed by atoms with E-state index < -0.39 is 0 Å². The fourth-order valence-electron chi connectivity index (χ4n) is 2.14. The van der Waals surface area contributed by atoms with Gasteiger partial charge < -0.3 is 4.74 Å². The topological polar surface area (TPSA) is 79.9 Å². The van der Waals surface area contributed by atoms with Gasteiger partial charge in [0.05, 0.1) is 6.61 Å². The van der Waals surface area contributed by atoms with Crippen molar-refractivity contribution in [2.75, 3.05) is 11.9 Å². The maximum atomic E-state index is 12.1. The van der Waals surface area contributed by atoms with Crippen LogP contribution < -0.4 is 10.1 Å². The lowest BCUT2D eigenvalue weighted by molar-refractivity contribution is -0.124. The Morgan fingerprint density at radius 1 is 1.53 bits per heavy atom. The van der Waals surface area contributed by atoms with Crippen LogP contribution in [-0.2, 0) is 4.79 Å². The lowest BCUT2D eigenvalue weighted by atomic mass is 9.88. The molecule has 0 saturated heterocycles. The van der Waals surface area contributed by atoms with Crippen molar-refractivity contribution >= 4 is 11.9 Å². The number of aromatic nitrogens is 3. The van der Waals surface area contributed by atoms with Crippen LogP contribution in [0.4, 0.5) is 5.95 Å². The molecule has 17 heavy (non-hydrogen) atoms. The smallest absolute Gasteiger partial charge is 0.337 e. The molecule has 0 radical (unpaired) electrons. The van der Waals surface area contributed by atoms with E-state index in [1.807, 2.05) is 13.8 Å². The SMILES string of the molecule is CCOc1n[nH]c(NC(=O)C2(C)CCCC2)n1. The van der Waals surface area contributed by atoms with E-state index in [1.165, 1.54) is 0 Å². The van der Waals surface area contributed by atoms with E-state index in [9.17, 15) is 4.79 Å². The molecule has 1 amide bonds. The van der Waals surface area contributed by atoms with Gasteiger partial charge in [-0.3, -0.25) is 10.1 Å². The van der Waals surface area contributed by atoms with E-state index >= 15 is 0 Å². The lowest BCUT2D eigenvalue weighted by Gasteiger charge is -2.20. The Morgan fingerprint density at radius 3 is 2.88 bits per heavy atom. The second-order valence-electron chi connectivity index (χ2n) is 4.62. The summed E-state index contributed by atoms with van der Waals surface area (Å²) in [6, 6.07) is 0.263. The Labute approximate surface area is 100 Å². The number of carbonyl (C=O) groups is 1. The number of rotatable bonds is 4. The van der Waals surface area contributed by atoms with Gasteiger partial charge in [-0.15, -0.1) is 5.10 Å². The van der Waals surface area contributed by atoms with Gasteiger partial charge in [0.15, 0.2) is 0 Å². The first-order valence-corrected chi connectivity index (χ1v) is 6.01. The molecule has 2 rings (SSSR count). The van der Waals surface area contributed by atoms with Gasteiger partial charge in [-0.1, -0.05) is 19.8 Å². The van der Waals surface area contributed by atoms with Crippen LogP contribution in [-0.4, -0.2) is 27.7 Å². The molecule has 1 saturated carbocycles. The van der Waals surface area contributed by atoms with E-state index in [-0.39, 0.29) is 17.3 Å². The van der Waals surface area contributed by atoms with E-state index in [1.54, 1.807) is 0 Å². The minimum atomic E-state index is -0.265. The number of nitrogens with zero attached hydrogens (tertiary/aromatic N) is 2. The predicted molar refractivity (Wildman–Crippen MR) is 62.8 cm³/mol. The fourth-order valence-corrected chi connectivity index (χ4v) is 2.14. The monoisotopic (exact) mass is 238 g/mol. The predicted octanol–water partition coefficient (Wildman–Crippen LogP) is 1.72. The first-order valence-electron chi connectivity index (χ1n) is 6.01. The Morgan fingerprint density at radius 2 is 2.24 bits per heavy atom. The number of nitrogens with one attached hydrogen (secondary N) is 2. The van der Waals surface area contributed by atoms with Crippen molar-refractivity contribution in [1.29, 1.82) is 0 Å². The molecule has 1 fully saturated rings. The largest absolute Gasteiger partial charge is 0.463 e. The summed E-state index contributed by atoms with van der Waals surface area (Å²) in [6.07, 6.45) is 4.10. The van der Waals surface area contributed by atoms with Crippen LogP contribution >= 0.6 is 0 Å². The summed E-state index contributed by atoms with van der Waals surface area (Å²) in [5, 5.41) is 9.23. The molecule has 6 heteroatoms. The Bertz CT molecular complexity index is 396. The van der Waals surface area contributed by atoms with Crippen molar-refractivity contribution in [2.24, 2.45) is 5.41 Å². The third kappa shape index (κ3) is 2.57. The van der Waals surface area contributed by atoms with E-state index in [2.05, 4.69) is 20.5 Å². The van der Waals surface area contributed by atoms with Crippen molar-refractivity contribution < 1.29 is 9.53 Å². The zero-order valence-electron chi connectivity index (χ0n) is 10.2. The maximum absolute atomic E-state index is 12.1. The number of hydrogen-bond acceptors (Lipinski definition) is 4. The molecular weight excluding hydrogens is 220 g/mol. The molecule has 0 bridgehead atoms. The van der Waals surface area contributed by atoms with Crippen LogP contribution in [0.2, 0.25) is 0 Å². The maximum Gasteiger partial charge on any atom is 0.337 e. The minimum absolute atomic E-state index is 0.00852. The van der Waals surface area contributed by atoms with E-state index in [0.717, 1.165) is 25.7 Å². The standard InChI is InChI=1S/C11H18N4O2/c1-3-17-10-13-9(14-15-10)12-8(16)11(2)6-4-5-7-11/h3-7H2,1-2H3,(H2,12,13,14,15,16). The van der Waals surface area contributed by atoms with Crippen LogP contribution in [0.5, 0.6) is 6.01 Å². The Hall–Kier alpha value is -1.59. The molecule has 0 aliphatic heterocycles. The van der Waals surface area contributed by atoms with Crippen molar-refractivity contribution in [1.82, 2.24) is 15.2 Å². The van der Waals surface area contributed by atoms with Gasteiger partial charge in [0, 0.05) is 5.41 Å². The highest BCUT2D eigenvalue weighted by Crippen LogP contribution is 2.38. The zero-order chi connectivity index (χ0) is 12.3. The van der Waals surface area contributed by atoms with Gasteiger partial charge in [0.25, 0.3) is 0 Å². The molecule has 2 N–H and O–H groups in total. The zero-order valence-corrected chi connectivity index (χ0v) is 10.2. The van der Waals surface area contributed by atoms with Gasteiger partial charge in [-0.05, 0) is 19.8 Å². The van der Waals surface area contributed by atoms with E-state index in [0.29, 0.717) is 12.6 Å². The Kier molecular flexibility index (Phi) is 3.31. The Balaban J connectivity index is 1.97. The quantitative estimate of drug-likeness (QED) is 0.837. The first kappa shape index (κ1) is 11.9. The summed E-state index contributed by atoms with van der Waals surface area (Å²) < 4.78 is 5.11. The normalized spacial score (nSPS) is 18.0. The molecule has 94 valence electrons. The number of anilines is 1. The molecule has 0 atom stereocenters. The second kappa shape index (κ2) is 4.73. The highest BCUT2D eigenvalue weighted by Gasteiger charge is 2.36. The van der Waals surface area contributed by atoms with Crippen LogP contribution in [0.3, 0.4) is 0 Å². The van der Waals surface area contributed by atoms with Crippen molar-refractivity contribution in [3.8, 4) is 6.01 Å². The number of H-pyrrole nitrogens is 1. The van der Waals surface area contributed by atoms with Crippen LogP contribution in [0.15, 0.2) is 0 Å². The molecule has 1 aromatic heterocycles. The molecular formula is C11H18N4O2. The number of amides is 1. The molecule has 1 aromatic rings. The van der Waals surface area contributed by atoms with Gasteiger partial charge in [-0.25, -0.2) is 5.10 Å².